The van der Waals surface area contributed by atoms with Gasteiger partial charge in [0.05, 0.1) is 5.69 Å². The van der Waals surface area contributed by atoms with Crippen molar-refractivity contribution >= 4 is 27.7 Å². The van der Waals surface area contributed by atoms with Gasteiger partial charge in [0.15, 0.2) is 0 Å². The molecule has 0 aliphatic rings. The molecule has 0 atom stereocenters. The molecule has 2 N–H and O–H groups in total. The number of amides is 1. The third-order valence-electron chi connectivity index (χ3n) is 1.91. The fourth-order valence-corrected chi connectivity index (χ4v) is 1.85. The molecule has 1 amide bonds. The molecule has 1 aromatic carbocycles. The lowest BCUT2D eigenvalue weighted by Gasteiger charge is -2.20. The highest BCUT2D eigenvalue weighted by Crippen LogP contribution is 2.31. The fraction of sp³-hybridized carbons (Fsp3) is 0.417. The first-order chi connectivity index (χ1) is 7.69. The number of ether oxygens (including phenoxy) is 1. The van der Waals surface area contributed by atoms with Gasteiger partial charge in [0.1, 0.15) is 11.4 Å². The summed E-state index contributed by atoms with van der Waals surface area (Å²) < 4.78 is 5.86. The van der Waals surface area contributed by atoms with Crippen LogP contribution < -0.4 is 5.32 Å². The van der Waals surface area contributed by atoms with Crippen LogP contribution in [-0.4, -0.2) is 16.8 Å². The van der Waals surface area contributed by atoms with E-state index >= 15 is 0 Å². The van der Waals surface area contributed by atoms with Crippen molar-refractivity contribution in [2.45, 2.75) is 33.3 Å². The van der Waals surface area contributed by atoms with Crippen LogP contribution in [0.15, 0.2) is 16.6 Å². The van der Waals surface area contributed by atoms with E-state index in [2.05, 4.69) is 21.2 Å². The van der Waals surface area contributed by atoms with E-state index < -0.39 is 11.7 Å². The van der Waals surface area contributed by atoms with Crippen molar-refractivity contribution in [2.24, 2.45) is 0 Å². The molecule has 0 saturated carbocycles. The van der Waals surface area contributed by atoms with Crippen LogP contribution in [-0.2, 0) is 4.74 Å². The quantitative estimate of drug-likeness (QED) is 0.776. The number of carbonyl (C=O) groups is 1. The summed E-state index contributed by atoms with van der Waals surface area (Å²) in [6.07, 6.45) is -0.585. The molecule has 0 saturated heterocycles. The summed E-state index contributed by atoms with van der Waals surface area (Å²) in [6.45, 7) is 7.12. The van der Waals surface area contributed by atoms with Gasteiger partial charge in [-0.2, -0.15) is 0 Å². The van der Waals surface area contributed by atoms with E-state index in [1.54, 1.807) is 33.8 Å². The lowest BCUT2D eigenvalue weighted by molar-refractivity contribution is 0.0635. The van der Waals surface area contributed by atoms with Crippen LogP contribution in [0.25, 0.3) is 0 Å². The summed E-state index contributed by atoms with van der Waals surface area (Å²) >= 11 is 3.26. The Morgan fingerprint density at radius 1 is 1.41 bits per heavy atom. The van der Waals surface area contributed by atoms with Gasteiger partial charge in [0.2, 0.25) is 0 Å². The Kier molecular flexibility index (Phi) is 4.03. The molecule has 0 unspecified atom stereocenters. The van der Waals surface area contributed by atoms with E-state index in [-0.39, 0.29) is 5.75 Å². The second kappa shape index (κ2) is 4.96. The molecule has 0 aromatic heterocycles. The fourth-order valence-electron chi connectivity index (χ4n) is 1.29. The van der Waals surface area contributed by atoms with E-state index in [9.17, 15) is 9.90 Å². The molecule has 4 nitrogen and oxygen atoms in total. The van der Waals surface area contributed by atoms with Gasteiger partial charge in [-0.15, -0.1) is 0 Å². The summed E-state index contributed by atoms with van der Waals surface area (Å²) in [5, 5.41) is 12.2. The van der Waals surface area contributed by atoms with Crippen molar-refractivity contribution in [1.82, 2.24) is 0 Å². The summed E-state index contributed by atoms with van der Waals surface area (Å²) in [5.74, 6) is 0.00253. The number of anilines is 1. The number of phenols is 1. The minimum absolute atomic E-state index is 0.00253. The largest absolute Gasteiger partial charge is 0.506 e. The average molecular weight is 302 g/mol. The highest BCUT2D eigenvalue weighted by atomic mass is 79.9. The lowest BCUT2D eigenvalue weighted by Crippen LogP contribution is -2.27. The number of aromatic hydroxyl groups is 1. The van der Waals surface area contributed by atoms with Crippen LogP contribution in [0.2, 0.25) is 0 Å². The number of rotatable bonds is 1. The molecule has 0 fully saturated rings. The Labute approximate surface area is 109 Å². The molecule has 0 aliphatic carbocycles. The van der Waals surface area contributed by atoms with Crippen LogP contribution in [0.4, 0.5) is 10.5 Å². The number of halogens is 1. The van der Waals surface area contributed by atoms with E-state index in [1.807, 2.05) is 0 Å². The Balaban J connectivity index is 2.86. The first kappa shape index (κ1) is 13.8. The van der Waals surface area contributed by atoms with E-state index in [0.717, 1.165) is 10.0 Å². The zero-order valence-electron chi connectivity index (χ0n) is 10.3. The highest BCUT2D eigenvalue weighted by molar-refractivity contribution is 9.10. The number of carbonyl (C=O) groups excluding carboxylic acids is 1. The topological polar surface area (TPSA) is 58.6 Å². The second-order valence-corrected chi connectivity index (χ2v) is 5.66. The molecule has 0 radical (unpaired) electrons. The number of nitrogens with one attached hydrogen (secondary N) is 1. The Morgan fingerprint density at radius 2 is 2.00 bits per heavy atom. The summed E-state index contributed by atoms with van der Waals surface area (Å²) in [7, 11) is 0. The van der Waals surface area contributed by atoms with Crippen molar-refractivity contribution in [3.8, 4) is 5.75 Å². The monoisotopic (exact) mass is 301 g/mol. The SMILES string of the molecule is Cc1cc(Br)cc(O)c1NC(=O)OC(C)(C)C. The number of hydrogen-bond acceptors (Lipinski definition) is 3. The van der Waals surface area contributed by atoms with Crippen molar-refractivity contribution in [3.05, 3.63) is 22.2 Å². The van der Waals surface area contributed by atoms with Gasteiger partial charge in [0, 0.05) is 4.47 Å². The summed E-state index contributed by atoms with van der Waals surface area (Å²) in [6, 6.07) is 3.31. The number of benzene rings is 1. The molecule has 0 heterocycles. The zero-order chi connectivity index (χ0) is 13.2. The van der Waals surface area contributed by atoms with Crippen molar-refractivity contribution in [1.29, 1.82) is 0 Å². The third-order valence-corrected chi connectivity index (χ3v) is 2.36. The molecule has 1 aromatic rings. The van der Waals surface area contributed by atoms with Crippen LogP contribution in [0.3, 0.4) is 0 Å². The molecule has 0 aliphatic heterocycles. The first-order valence-corrected chi connectivity index (χ1v) is 5.97. The molecular weight excluding hydrogens is 286 g/mol. The molecular formula is C12H16BrNO3. The molecule has 17 heavy (non-hydrogen) atoms. The maximum Gasteiger partial charge on any atom is 0.412 e. The highest BCUT2D eigenvalue weighted by Gasteiger charge is 2.18. The van der Waals surface area contributed by atoms with Crippen molar-refractivity contribution < 1.29 is 14.6 Å². The van der Waals surface area contributed by atoms with Crippen LogP contribution in [0.1, 0.15) is 26.3 Å². The molecule has 0 spiro atoms. The lowest BCUT2D eigenvalue weighted by atomic mass is 10.2. The van der Waals surface area contributed by atoms with Crippen molar-refractivity contribution in [2.75, 3.05) is 5.32 Å². The Hall–Kier alpha value is -1.23. The normalized spacial score (nSPS) is 11.1. The van der Waals surface area contributed by atoms with Crippen molar-refractivity contribution in [3.63, 3.8) is 0 Å². The number of hydrogen-bond donors (Lipinski definition) is 2. The van der Waals surface area contributed by atoms with Gasteiger partial charge in [-0.3, -0.25) is 5.32 Å². The van der Waals surface area contributed by atoms with Crippen LogP contribution in [0, 0.1) is 6.92 Å². The van der Waals surface area contributed by atoms with Gasteiger partial charge >= 0.3 is 6.09 Å². The van der Waals surface area contributed by atoms with E-state index in [0.29, 0.717) is 5.69 Å². The standard InChI is InChI=1S/C12H16BrNO3/c1-7-5-8(13)6-9(15)10(7)14-11(16)17-12(2,3)4/h5-6,15H,1-4H3,(H,14,16). The smallest absolute Gasteiger partial charge is 0.412 e. The summed E-state index contributed by atoms with van der Waals surface area (Å²) in [5.41, 5.74) is 0.549. The van der Waals surface area contributed by atoms with Gasteiger partial charge in [-0.05, 0) is 45.4 Å². The molecule has 0 bridgehead atoms. The number of aryl methyl sites for hydroxylation is 1. The van der Waals surface area contributed by atoms with Crippen LogP contribution >= 0.6 is 15.9 Å². The van der Waals surface area contributed by atoms with Gasteiger partial charge in [0.25, 0.3) is 0 Å². The minimum atomic E-state index is -0.585. The summed E-state index contributed by atoms with van der Waals surface area (Å²) in [4.78, 5) is 11.6. The number of phenolic OH excluding ortho intramolecular Hbond substituents is 1. The van der Waals surface area contributed by atoms with E-state index in [4.69, 9.17) is 4.74 Å². The molecule has 1 rings (SSSR count). The minimum Gasteiger partial charge on any atom is -0.506 e. The van der Waals surface area contributed by atoms with Gasteiger partial charge in [-0.1, -0.05) is 15.9 Å². The zero-order valence-corrected chi connectivity index (χ0v) is 11.9. The van der Waals surface area contributed by atoms with E-state index in [1.165, 1.54) is 6.07 Å². The molecule has 5 heteroatoms. The third kappa shape index (κ3) is 4.26. The first-order valence-electron chi connectivity index (χ1n) is 5.18. The average Bonchev–Trinajstić information content (AvgIpc) is 2.08. The molecule has 94 valence electrons. The van der Waals surface area contributed by atoms with Crippen LogP contribution in [0.5, 0.6) is 5.75 Å². The maximum absolute atomic E-state index is 11.6. The Morgan fingerprint density at radius 3 is 2.47 bits per heavy atom. The predicted octanol–water partition coefficient (Wildman–Crippen LogP) is 3.81. The van der Waals surface area contributed by atoms with Gasteiger partial charge in [-0.25, -0.2) is 4.79 Å². The predicted molar refractivity (Wildman–Crippen MR) is 70.4 cm³/mol. The second-order valence-electron chi connectivity index (χ2n) is 4.74. The maximum atomic E-state index is 11.6. The Bertz CT molecular complexity index is 415. The van der Waals surface area contributed by atoms with Gasteiger partial charge < -0.3 is 9.84 Å².